The second kappa shape index (κ2) is 16.2. The van der Waals surface area contributed by atoms with Crippen molar-refractivity contribution >= 4 is 57.8 Å². The van der Waals surface area contributed by atoms with Crippen LogP contribution in [0.15, 0.2) is 194 Å². The number of hydrogen-bond donors (Lipinski definition) is 0. The van der Waals surface area contributed by atoms with Crippen molar-refractivity contribution in [1.29, 1.82) is 0 Å². The van der Waals surface area contributed by atoms with Crippen LogP contribution in [0.5, 0.6) is 0 Å². The van der Waals surface area contributed by atoms with Gasteiger partial charge in [0.25, 0.3) is 0 Å². The van der Waals surface area contributed by atoms with Crippen LogP contribution in [0.1, 0.15) is 85.5 Å². The van der Waals surface area contributed by atoms with Gasteiger partial charge in [0.15, 0.2) is 0 Å². The van der Waals surface area contributed by atoms with E-state index in [2.05, 4.69) is 264 Å². The average Bonchev–Trinajstić information content (AvgIpc) is 3.71. The zero-order valence-corrected chi connectivity index (χ0v) is 38.9. The van der Waals surface area contributed by atoms with Gasteiger partial charge in [-0.05, 0) is 163 Å². The first-order valence-electron chi connectivity index (χ1n) is 23.5. The van der Waals surface area contributed by atoms with Crippen molar-refractivity contribution in [3.8, 4) is 22.3 Å². The molecule has 11 rings (SSSR count). The number of allylic oxidation sites excluding steroid dienone is 3. The fourth-order valence-electron chi connectivity index (χ4n) is 10.7. The normalized spacial score (nSPS) is 16.3. The molecular formula is C64H56N2. The Bertz CT molecular complexity index is 3270. The molecule has 0 radical (unpaired) electrons. The number of anilines is 4. The molecule has 8 aromatic rings. The first kappa shape index (κ1) is 41.3. The number of nitrogens with zero attached hydrogens (tertiary/aromatic N) is 2. The van der Waals surface area contributed by atoms with Crippen molar-refractivity contribution in [3.05, 3.63) is 238 Å². The summed E-state index contributed by atoms with van der Waals surface area (Å²) in [7, 11) is 2.12. The molecule has 0 bridgehead atoms. The molecule has 0 spiro atoms. The summed E-state index contributed by atoms with van der Waals surface area (Å²) in [6.45, 7) is 11.9. The summed E-state index contributed by atoms with van der Waals surface area (Å²) >= 11 is 0. The highest BCUT2D eigenvalue weighted by Crippen LogP contribution is 2.58. The maximum Gasteiger partial charge on any atom is 0.0461 e. The topological polar surface area (TPSA) is 6.48 Å². The molecule has 0 fully saturated rings. The molecule has 0 aromatic heterocycles. The lowest BCUT2D eigenvalue weighted by atomic mass is 9.79. The minimum atomic E-state index is -0.165. The largest absolute Gasteiger partial charge is 0.345 e. The number of hydrogen-bond acceptors (Lipinski definition) is 2. The number of fused-ring (bicyclic) bond motifs is 8. The summed E-state index contributed by atoms with van der Waals surface area (Å²) < 4.78 is 0. The van der Waals surface area contributed by atoms with Crippen LogP contribution in [0, 0.1) is 5.92 Å². The van der Waals surface area contributed by atoms with E-state index in [9.17, 15) is 0 Å². The quantitative estimate of drug-likeness (QED) is 0.134. The van der Waals surface area contributed by atoms with E-state index in [-0.39, 0.29) is 10.8 Å². The molecule has 1 atom stereocenters. The van der Waals surface area contributed by atoms with Gasteiger partial charge in [-0.1, -0.05) is 174 Å². The number of rotatable bonds is 9. The Morgan fingerprint density at radius 3 is 1.67 bits per heavy atom. The molecule has 322 valence electrons. The molecule has 0 saturated heterocycles. The monoisotopic (exact) mass is 852 g/mol. The predicted octanol–water partition coefficient (Wildman–Crippen LogP) is 17.2. The van der Waals surface area contributed by atoms with Gasteiger partial charge < -0.3 is 9.80 Å². The van der Waals surface area contributed by atoms with Crippen molar-refractivity contribution in [3.63, 3.8) is 0 Å². The minimum Gasteiger partial charge on any atom is -0.345 e. The Kier molecular flexibility index (Phi) is 10.2. The van der Waals surface area contributed by atoms with Crippen molar-refractivity contribution in [2.45, 2.75) is 51.9 Å². The van der Waals surface area contributed by atoms with E-state index in [1.54, 1.807) is 0 Å². The first-order valence-corrected chi connectivity index (χ1v) is 23.5. The highest BCUT2D eigenvalue weighted by Gasteiger charge is 2.42. The maximum absolute atomic E-state index is 2.55. The molecule has 66 heavy (non-hydrogen) atoms. The lowest BCUT2D eigenvalue weighted by molar-refractivity contribution is 0.652. The summed E-state index contributed by atoms with van der Waals surface area (Å²) in [5.41, 5.74) is 21.5. The SMILES string of the molecule is CC1C=CC(N(c2ccccc2)c2ccc(/C=C/c3ccc4c(c3)C(C)(C)c3cc5c(cc3-4)C(C)(C)c3cc(/C=C/c4ccc(N(C)c6ccccc6)cc4)c4ccccc4c3-5)cc2)=CC1. The summed E-state index contributed by atoms with van der Waals surface area (Å²) in [6.07, 6.45) is 17.1. The van der Waals surface area contributed by atoms with E-state index in [1.807, 2.05) is 0 Å². The third-order valence-electron chi connectivity index (χ3n) is 14.6. The molecule has 3 aliphatic carbocycles. The van der Waals surface area contributed by atoms with Gasteiger partial charge in [-0.15, -0.1) is 0 Å². The van der Waals surface area contributed by atoms with Gasteiger partial charge in [0.2, 0.25) is 0 Å². The van der Waals surface area contributed by atoms with Crippen LogP contribution in [0.4, 0.5) is 22.7 Å². The molecule has 2 nitrogen and oxygen atoms in total. The predicted molar refractivity (Wildman–Crippen MR) is 284 cm³/mol. The van der Waals surface area contributed by atoms with Crippen molar-refractivity contribution in [1.82, 2.24) is 0 Å². The van der Waals surface area contributed by atoms with E-state index in [0.717, 1.165) is 12.1 Å². The maximum atomic E-state index is 2.55. The Morgan fingerprint density at radius 1 is 0.470 bits per heavy atom. The number of para-hydroxylation sites is 2. The van der Waals surface area contributed by atoms with Gasteiger partial charge in [0.05, 0.1) is 0 Å². The number of benzene rings is 8. The van der Waals surface area contributed by atoms with Crippen LogP contribution >= 0.6 is 0 Å². The van der Waals surface area contributed by atoms with Crippen LogP contribution in [-0.2, 0) is 10.8 Å². The minimum absolute atomic E-state index is 0.150. The van der Waals surface area contributed by atoms with Gasteiger partial charge >= 0.3 is 0 Å². The van der Waals surface area contributed by atoms with E-state index in [4.69, 9.17) is 0 Å². The molecular weight excluding hydrogens is 797 g/mol. The van der Waals surface area contributed by atoms with Crippen LogP contribution < -0.4 is 9.80 Å². The molecule has 0 N–H and O–H groups in total. The molecule has 8 aromatic carbocycles. The van der Waals surface area contributed by atoms with Crippen LogP contribution in [0.2, 0.25) is 0 Å². The van der Waals surface area contributed by atoms with E-state index < -0.39 is 0 Å². The summed E-state index contributed by atoms with van der Waals surface area (Å²) in [4.78, 5) is 4.58. The lowest BCUT2D eigenvalue weighted by Crippen LogP contribution is -2.17. The molecule has 1 unspecified atom stereocenters. The van der Waals surface area contributed by atoms with Gasteiger partial charge in [0, 0.05) is 46.3 Å². The molecule has 0 saturated carbocycles. The standard InChI is InChI=1S/C64H56N2/c1-43-21-32-51(33-22-43)66(50-17-11-8-12-18-50)52-36-28-44(29-37-52)23-24-46-30-38-54-56-41-60-57(42-59(56)63(2,3)58(54)39-46)62-55-20-14-13-19-53(55)47(40-61(62)64(60,4)5)31-25-45-26-34-49(35-27-45)65(6)48-15-9-7-10-16-48/h7-21,23-43H,22H2,1-6H3/b24-23+,31-25+. The third-order valence-corrected chi connectivity index (χ3v) is 14.6. The Balaban J connectivity index is 0.878. The lowest BCUT2D eigenvalue weighted by Gasteiger charge is -2.28. The molecule has 0 amide bonds. The molecule has 0 heterocycles. The fourth-order valence-corrected chi connectivity index (χ4v) is 10.7. The zero-order valence-electron chi connectivity index (χ0n) is 38.9. The Labute approximate surface area is 391 Å². The summed E-state index contributed by atoms with van der Waals surface area (Å²) in [5.74, 6) is 0.566. The van der Waals surface area contributed by atoms with Gasteiger partial charge in [-0.3, -0.25) is 0 Å². The molecule has 0 aliphatic heterocycles. The Hall–Kier alpha value is -7.42. The fraction of sp³-hybridized carbons (Fsp3) is 0.156. The highest BCUT2D eigenvalue weighted by molar-refractivity contribution is 6.07. The Morgan fingerprint density at radius 2 is 0.985 bits per heavy atom. The van der Waals surface area contributed by atoms with Gasteiger partial charge in [-0.25, -0.2) is 0 Å². The third kappa shape index (κ3) is 7.13. The van der Waals surface area contributed by atoms with Crippen LogP contribution in [0.25, 0.3) is 57.3 Å². The second-order valence-corrected chi connectivity index (χ2v) is 19.5. The van der Waals surface area contributed by atoms with Crippen molar-refractivity contribution in [2.24, 2.45) is 5.92 Å². The molecule has 2 heteroatoms. The summed E-state index contributed by atoms with van der Waals surface area (Å²) in [5, 5.41) is 2.60. The summed E-state index contributed by atoms with van der Waals surface area (Å²) in [6, 6.07) is 62.6. The van der Waals surface area contributed by atoms with Crippen molar-refractivity contribution in [2.75, 3.05) is 16.8 Å². The van der Waals surface area contributed by atoms with Crippen LogP contribution in [0.3, 0.4) is 0 Å². The van der Waals surface area contributed by atoms with Crippen molar-refractivity contribution < 1.29 is 0 Å². The second-order valence-electron chi connectivity index (χ2n) is 19.5. The average molecular weight is 853 g/mol. The smallest absolute Gasteiger partial charge is 0.0461 e. The first-order chi connectivity index (χ1) is 32.0. The zero-order chi connectivity index (χ0) is 45.2. The molecule has 3 aliphatic rings. The van der Waals surface area contributed by atoms with E-state index in [1.165, 1.54) is 100 Å². The van der Waals surface area contributed by atoms with Gasteiger partial charge in [-0.2, -0.15) is 0 Å². The highest BCUT2D eigenvalue weighted by atomic mass is 15.1. The van der Waals surface area contributed by atoms with E-state index >= 15 is 0 Å². The van der Waals surface area contributed by atoms with Gasteiger partial charge in [0.1, 0.15) is 0 Å². The van der Waals surface area contributed by atoms with E-state index in [0.29, 0.717) is 5.92 Å². The van der Waals surface area contributed by atoms with Crippen LogP contribution in [-0.4, -0.2) is 7.05 Å².